The van der Waals surface area contributed by atoms with E-state index < -0.39 is 0 Å². The molecule has 21 heavy (non-hydrogen) atoms. The van der Waals surface area contributed by atoms with Crippen molar-refractivity contribution in [3.63, 3.8) is 0 Å². The Bertz CT molecular complexity index is 642. The zero-order chi connectivity index (χ0) is 14.8. The molecule has 1 aliphatic heterocycles. The lowest BCUT2D eigenvalue weighted by Gasteiger charge is -2.23. The van der Waals surface area contributed by atoms with Crippen molar-refractivity contribution in [1.29, 1.82) is 0 Å². The number of rotatable bonds is 4. The van der Waals surface area contributed by atoms with Crippen LogP contribution in [0.4, 0.5) is 11.4 Å². The standard InChI is InChI=1S/C17H19ClN2S/c1-19(2)10-5-11-20-14-6-3-4-7-16(14)21-17-9-8-13(18)12-15(17)20/h3-4,6-9,12H,5,10-11H2,1-2H3/p+2. The molecule has 0 saturated carbocycles. The van der Waals surface area contributed by atoms with Crippen LogP contribution in [-0.4, -0.2) is 32.1 Å². The summed E-state index contributed by atoms with van der Waals surface area (Å²) in [6.07, 6.45) is 1.17. The number of hydrogen-bond acceptors (Lipinski definition) is 1. The highest BCUT2D eigenvalue weighted by molar-refractivity contribution is 7.79. The highest BCUT2D eigenvalue weighted by atomic mass is 35.5. The van der Waals surface area contributed by atoms with Gasteiger partial charge in [-0.05, 0) is 26.2 Å². The van der Waals surface area contributed by atoms with Crippen LogP contribution in [0.5, 0.6) is 0 Å². The van der Waals surface area contributed by atoms with Gasteiger partial charge in [0.05, 0.1) is 18.3 Å². The normalized spacial score (nSPS) is 16.7. The molecular weight excluding hydrogens is 300 g/mol. The Labute approximate surface area is 135 Å². The first kappa shape index (κ1) is 14.9. The molecule has 0 spiro atoms. The molecule has 1 heterocycles. The first-order chi connectivity index (χ1) is 10.1. The molecule has 2 nitrogen and oxygen atoms in total. The third-order valence-electron chi connectivity index (χ3n) is 3.79. The molecule has 0 aliphatic carbocycles. The molecule has 1 N–H and O–H groups in total. The fourth-order valence-electron chi connectivity index (χ4n) is 2.79. The Morgan fingerprint density at radius 1 is 1.05 bits per heavy atom. The van der Waals surface area contributed by atoms with Gasteiger partial charge in [0.1, 0.15) is 0 Å². The molecular formula is C17H21ClN2S+2. The molecule has 2 aromatic carbocycles. The highest BCUT2D eigenvalue weighted by Crippen LogP contribution is 2.30. The number of halogens is 1. The van der Waals surface area contributed by atoms with Gasteiger partial charge in [-0.3, -0.25) is 4.90 Å². The predicted octanol–water partition coefficient (Wildman–Crippen LogP) is 2.69. The van der Waals surface area contributed by atoms with E-state index in [4.69, 9.17) is 11.6 Å². The quantitative estimate of drug-likeness (QED) is 0.672. The number of hydrogen-bond donors (Lipinski definition) is 1. The van der Waals surface area contributed by atoms with Crippen molar-refractivity contribution in [2.45, 2.75) is 16.2 Å². The van der Waals surface area contributed by atoms with Crippen LogP contribution >= 0.6 is 11.6 Å². The van der Waals surface area contributed by atoms with Gasteiger partial charge in [-0.1, -0.05) is 23.7 Å². The Morgan fingerprint density at radius 2 is 1.81 bits per heavy atom. The molecule has 1 aliphatic rings. The van der Waals surface area contributed by atoms with E-state index in [-0.39, 0.29) is 0 Å². The topological polar surface area (TPSA) is 7.68 Å². The largest absolute Gasteiger partial charge is 0.309 e. The van der Waals surface area contributed by atoms with Crippen LogP contribution < -0.4 is 4.90 Å². The van der Waals surface area contributed by atoms with E-state index in [1.807, 2.05) is 6.07 Å². The minimum Gasteiger partial charge on any atom is -0.309 e. The van der Waals surface area contributed by atoms with Gasteiger partial charge in [0, 0.05) is 36.2 Å². The van der Waals surface area contributed by atoms with Crippen molar-refractivity contribution in [3.8, 4) is 0 Å². The van der Waals surface area contributed by atoms with E-state index in [1.165, 1.54) is 44.2 Å². The molecule has 0 aromatic heterocycles. The number of para-hydroxylation sites is 1. The fourth-order valence-corrected chi connectivity index (χ4v) is 4.18. The predicted molar refractivity (Wildman–Crippen MR) is 91.5 cm³/mol. The summed E-state index contributed by atoms with van der Waals surface area (Å²) in [7, 11) is 4.26. The van der Waals surface area contributed by atoms with Crippen LogP contribution in [0.3, 0.4) is 0 Å². The van der Waals surface area contributed by atoms with Crippen molar-refractivity contribution < 1.29 is 4.90 Å². The van der Waals surface area contributed by atoms with Crippen LogP contribution in [-0.2, 0) is 11.8 Å². The lowest BCUT2D eigenvalue weighted by atomic mass is 10.2. The monoisotopic (exact) mass is 320 g/mol. The van der Waals surface area contributed by atoms with E-state index in [0.717, 1.165) is 18.1 Å². The van der Waals surface area contributed by atoms with E-state index in [2.05, 4.69) is 55.4 Å². The Kier molecular flexibility index (Phi) is 4.55. The van der Waals surface area contributed by atoms with Crippen LogP contribution in [0, 0.1) is 0 Å². The average Bonchev–Trinajstić information content (AvgIpc) is 2.46. The molecule has 3 rings (SSSR count). The zero-order valence-electron chi connectivity index (χ0n) is 12.4. The number of nitrogens with zero attached hydrogens (tertiary/aromatic N) is 1. The smallest absolute Gasteiger partial charge is 0.219 e. The molecule has 0 radical (unpaired) electrons. The third kappa shape index (κ3) is 3.27. The summed E-state index contributed by atoms with van der Waals surface area (Å²) in [5, 5.41) is 0.827. The summed E-state index contributed by atoms with van der Waals surface area (Å²) in [6, 6.07) is 15.0. The second kappa shape index (κ2) is 6.41. The second-order valence-corrected chi connectivity index (χ2v) is 7.30. The maximum Gasteiger partial charge on any atom is 0.219 e. The van der Waals surface area contributed by atoms with Gasteiger partial charge in [0.2, 0.25) is 9.79 Å². The molecule has 4 heteroatoms. The van der Waals surface area contributed by atoms with Gasteiger partial charge in [-0.15, -0.1) is 0 Å². The zero-order valence-corrected chi connectivity index (χ0v) is 14.1. The first-order valence-corrected chi connectivity index (χ1v) is 8.54. The maximum absolute atomic E-state index is 6.23. The average molecular weight is 321 g/mol. The Balaban J connectivity index is 1.94. The van der Waals surface area contributed by atoms with E-state index in [9.17, 15) is 0 Å². The molecule has 0 bridgehead atoms. The molecule has 110 valence electrons. The Hall–Kier alpha value is -1.00. The minimum atomic E-state index is 0.827. The fraction of sp³-hybridized carbons (Fsp3) is 0.294. The summed E-state index contributed by atoms with van der Waals surface area (Å²) in [6.45, 7) is 2.21. The lowest BCUT2D eigenvalue weighted by Crippen LogP contribution is -3.03. The van der Waals surface area contributed by atoms with E-state index in [0.29, 0.717) is 0 Å². The van der Waals surface area contributed by atoms with Crippen molar-refractivity contribution >= 4 is 34.7 Å². The van der Waals surface area contributed by atoms with Gasteiger partial charge in [0.15, 0.2) is 11.4 Å². The van der Waals surface area contributed by atoms with Gasteiger partial charge in [-0.25, -0.2) is 0 Å². The summed E-state index contributed by atoms with van der Waals surface area (Å²) < 4.78 is 0. The van der Waals surface area contributed by atoms with E-state index in [1.54, 1.807) is 0 Å². The molecule has 1 atom stereocenters. The number of thiol groups is 1. The summed E-state index contributed by atoms with van der Waals surface area (Å²) in [5.41, 5.74) is 2.73. The summed E-state index contributed by atoms with van der Waals surface area (Å²) in [5.74, 6) is 0. The second-order valence-electron chi connectivity index (χ2n) is 5.68. The van der Waals surface area contributed by atoms with Crippen LogP contribution in [0.15, 0.2) is 52.3 Å². The van der Waals surface area contributed by atoms with Crippen molar-refractivity contribution in [2.24, 2.45) is 0 Å². The third-order valence-corrected chi connectivity index (χ3v) is 5.28. The summed E-state index contributed by atoms with van der Waals surface area (Å²) >= 11 is 7.52. The molecule has 0 amide bonds. The number of quaternary nitrogens is 1. The van der Waals surface area contributed by atoms with Crippen LogP contribution in [0.25, 0.3) is 0 Å². The SMILES string of the molecule is CN(C)CCC[NH+]1c2ccccc2[SH+]c2ccc(Cl)cc21. The van der Waals surface area contributed by atoms with Crippen molar-refractivity contribution in [2.75, 3.05) is 27.2 Å². The van der Waals surface area contributed by atoms with Crippen molar-refractivity contribution in [1.82, 2.24) is 4.90 Å². The van der Waals surface area contributed by atoms with Crippen LogP contribution in [0.1, 0.15) is 6.42 Å². The number of fused-ring (bicyclic) bond motifs is 2. The minimum absolute atomic E-state index is 0.827. The van der Waals surface area contributed by atoms with Crippen LogP contribution in [0.2, 0.25) is 5.02 Å². The lowest BCUT2D eigenvalue weighted by molar-refractivity contribution is -0.764. The number of nitrogens with one attached hydrogen (secondary N) is 1. The van der Waals surface area contributed by atoms with Gasteiger partial charge in [-0.2, -0.15) is 0 Å². The van der Waals surface area contributed by atoms with Gasteiger partial charge < -0.3 is 4.90 Å². The maximum atomic E-state index is 6.23. The molecule has 0 saturated heterocycles. The molecule has 1 unspecified atom stereocenters. The summed E-state index contributed by atoms with van der Waals surface area (Å²) in [4.78, 5) is 6.47. The first-order valence-electron chi connectivity index (χ1n) is 7.27. The van der Waals surface area contributed by atoms with Gasteiger partial charge >= 0.3 is 0 Å². The number of benzene rings is 2. The van der Waals surface area contributed by atoms with Crippen molar-refractivity contribution in [3.05, 3.63) is 47.5 Å². The van der Waals surface area contributed by atoms with E-state index >= 15 is 0 Å². The molecule has 2 aromatic rings. The van der Waals surface area contributed by atoms with Gasteiger partial charge in [0.25, 0.3) is 0 Å². The molecule has 0 fully saturated rings. The highest BCUT2D eigenvalue weighted by Gasteiger charge is 2.34. The Morgan fingerprint density at radius 3 is 2.62 bits per heavy atom.